The summed E-state index contributed by atoms with van der Waals surface area (Å²) in [5, 5.41) is 10.5. The summed E-state index contributed by atoms with van der Waals surface area (Å²) >= 11 is 1.45. The lowest BCUT2D eigenvalue weighted by atomic mass is 10.2. The second-order valence-corrected chi connectivity index (χ2v) is 7.60. The van der Waals surface area contributed by atoms with Crippen LogP contribution in [0.25, 0.3) is 16.6 Å². The summed E-state index contributed by atoms with van der Waals surface area (Å²) in [4.78, 5) is 19.1. The van der Waals surface area contributed by atoms with E-state index >= 15 is 0 Å². The molecule has 7 heteroatoms. The lowest BCUT2D eigenvalue weighted by molar-refractivity contribution is -0.127. The van der Waals surface area contributed by atoms with Crippen molar-refractivity contribution in [2.45, 2.75) is 37.8 Å². The maximum Gasteiger partial charge on any atom is 0.233 e. The minimum absolute atomic E-state index is 0.180. The molecule has 1 fully saturated rings. The van der Waals surface area contributed by atoms with Crippen molar-refractivity contribution in [3.63, 3.8) is 0 Å². The van der Waals surface area contributed by atoms with Gasteiger partial charge in [-0.1, -0.05) is 37.7 Å². The second-order valence-electron chi connectivity index (χ2n) is 6.66. The highest BCUT2D eigenvalue weighted by Crippen LogP contribution is 2.27. The second kappa shape index (κ2) is 6.63. The van der Waals surface area contributed by atoms with E-state index < -0.39 is 0 Å². The average molecular weight is 355 g/mol. The number of fused-ring (bicyclic) bond motifs is 3. The van der Waals surface area contributed by atoms with Crippen molar-refractivity contribution in [2.75, 3.05) is 18.8 Å². The van der Waals surface area contributed by atoms with Gasteiger partial charge in [0.15, 0.2) is 10.8 Å². The van der Waals surface area contributed by atoms with Crippen LogP contribution in [0.15, 0.2) is 29.4 Å². The van der Waals surface area contributed by atoms with E-state index in [-0.39, 0.29) is 11.8 Å². The zero-order valence-corrected chi connectivity index (χ0v) is 15.3. The van der Waals surface area contributed by atoms with Gasteiger partial charge in [-0.3, -0.25) is 9.20 Å². The first-order chi connectivity index (χ1) is 12.1. The van der Waals surface area contributed by atoms with Crippen LogP contribution in [0.3, 0.4) is 0 Å². The number of likely N-dealkylation sites (tertiary alicyclic amines) is 1. The van der Waals surface area contributed by atoms with Gasteiger partial charge in [0.2, 0.25) is 5.91 Å². The van der Waals surface area contributed by atoms with Gasteiger partial charge in [-0.05, 0) is 25.0 Å². The van der Waals surface area contributed by atoms with Crippen molar-refractivity contribution in [3.8, 4) is 0 Å². The molecule has 1 aliphatic heterocycles. The number of hydrogen-bond acceptors (Lipinski definition) is 5. The normalized spacial score (nSPS) is 14.9. The standard InChI is InChI=1S/C18H21N5OS/c1-12(2)16-19-14-8-4-3-7-13(14)17-20-21-18(23(16)17)25-11-15(24)22-9-5-6-10-22/h3-4,7-8,12H,5-6,9-11H2,1-2H3. The van der Waals surface area contributed by atoms with E-state index in [0.717, 1.165) is 53.5 Å². The van der Waals surface area contributed by atoms with E-state index in [2.05, 4.69) is 24.0 Å². The van der Waals surface area contributed by atoms with Gasteiger partial charge in [0.05, 0.1) is 11.3 Å². The van der Waals surface area contributed by atoms with Gasteiger partial charge in [0.1, 0.15) is 5.82 Å². The Hall–Kier alpha value is -2.15. The molecule has 0 bridgehead atoms. The third-order valence-electron chi connectivity index (χ3n) is 4.54. The van der Waals surface area contributed by atoms with E-state index in [1.165, 1.54) is 11.8 Å². The number of para-hydroxylation sites is 1. The predicted molar refractivity (Wildman–Crippen MR) is 98.9 cm³/mol. The summed E-state index contributed by atoms with van der Waals surface area (Å²) in [6, 6.07) is 7.98. The lowest BCUT2D eigenvalue weighted by Gasteiger charge is -2.15. The Morgan fingerprint density at radius 2 is 1.96 bits per heavy atom. The van der Waals surface area contributed by atoms with Gasteiger partial charge < -0.3 is 4.90 Å². The zero-order valence-electron chi connectivity index (χ0n) is 14.5. The molecular formula is C18H21N5OS. The largest absolute Gasteiger partial charge is 0.342 e. The van der Waals surface area contributed by atoms with Crippen LogP contribution in [0.1, 0.15) is 38.4 Å². The molecule has 0 N–H and O–H groups in total. The first kappa shape index (κ1) is 16.3. The van der Waals surface area contributed by atoms with Crippen molar-refractivity contribution >= 4 is 34.2 Å². The molecule has 0 saturated carbocycles. The molecule has 0 atom stereocenters. The molecule has 3 aromatic rings. The fourth-order valence-corrected chi connectivity index (χ4v) is 4.09. The SMILES string of the molecule is CC(C)c1nc2ccccc2c2nnc(SCC(=O)N3CCCC3)n12. The van der Waals surface area contributed by atoms with Crippen LogP contribution >= 0.6 is 11.8 Å². The van der Waals surface area contributed by atoms with Crippen LogP contribution in [0.4, 0.5) is 0 Å². The van der Waals surface area contributed by atoms with Crippen LogP contribution in [-0.4, -0.2) is 49.2 Å². The number of amides is 1. The van der Waals surface area contributed by atoms with Crippen molar-refractivity contribution < 1.29 is 4.79 Å². The molecule has 2 aromatic heterocycles. The summed E-state index contributed by atoms with van der Waals surface area (Å²) in [7, 11) is 0. The maximum absolute atomic E-state index is 12.3. The number of hydrogen-bond donors (Lipinski definition) is 0. The third kappa shape index (κ3) is 2.97. The number of aromatic nitrogens is 4. The molecule has 1 aromatic carbocycles. The minimum Gasteiger partial charge on any atom is -0.342 e. The minimum atomic E-state index is 0.180. The molecule has 1 saturated heterocycles. The highest BCUT2D eigenvalue weighted by Gasteiger charge is 2.21. The number of rotatable bonds is 4. The molecule has 0 unspecified atom stereocenters. The van der Waals surface area contributed by atoms with E-state index in [1.54, 1.807) is 0 Å². The van der Waals surface area contributed by atoms with Crippen LogP contribution in [0.5, 0.6) is 0 Å². The fourth-order valence-electron chi connectivity index (χ4n) is 3.25. The summed E-state index contributed by atoms with van der Waals surface area (Å²) in [5.74, 6) is 1.73. The molecule has 3 heterocycles. The van der Waals surface area contributed by atoms with Crippen molar-refractivity contribution in [1.29, 1.82) is 0 Å². The maximum atomic E-state index is 12.3. The Labute approximate surface area is 150 Å². The Bertz CT molecular complexity index is 930. The molecule has 1 aliphatic rings. The summed E-state index contributed by atoms with van der Waals surface area (Å²) in [6.07, 6.45) is 2.22. The number of carbonyl (C=O) groups is 1. The molecule has 130 valence electrons. The van der Waals surface area contributed by atoms with E-state index in [1.807, 2.05) is 33.6 Å². The van der Waals surface area contributed by atoms with Crippen LogP contribution in [0.2, 0.25) is 0 Å². The van der Waals surface area contributed by atoms with Gasteiger partial charge in [0, 0.05) is 24.4 Å². The van der Waals surface area contributed by atoms with Gasteiger partial charge in [-0.25, -0.2) is 4.98 Å². The van der Waals surface area contributed by atoms with Crippen molar-refractivity contribution in [1.82, 2.24) is 24.5 Å². The Morgan fingerprint density at radius 1 is 1.20 bits per heavy atom. The van der Waals surface area contributed by atoms with Gasteiger partial charge in [0.25, 0.3) is 0 Å². The highest BCUT2D eigenvalue weighted by atomic mass is 32.2. The number of nitrogens with zero attached hydrogens (tertiary/aromatic N) is 5. The molecule has 4 rings (SSSR count). The Balaban J connectivity index is 1.71. The quantitative estimate of drug-likeness (QED) is 0.673. The lowest BCUT2D eigenvalue weighted by Crippen LogP contribution is -2.29. The molecule has 0 aliphatic carbocycles. The molecular weight excluding hydrogens is 334 g/mol. The number of thioether (sulfide) groups is 1. The average Bonchev–Trinajstić information content (AvgIpc) is 3.29. The molecule has 6 nitrogen and oxygen atoms in total. The van der Waals surface area contributed by atoms with Crippen LogP contribution in [0, 0.1) is 0 Å². The molecule has 0 radical (unpaired) electrons. The van der Waals surface area contributed by atoms with Crippen molar-refractivity contribution in [3.05, 3.63) is 30.1 Å². The van der Waals surface area contributed by atoms with E-state index in [0.29, 0.717) is 5.75 Å². The molecule has 1 amide bonds. The Kier molecular flexibility index (Phi) is 4.33. The summed E-state index contributed by atoms with van der Waals surface area (Å²) < 4.78 is 2.01. The summed E-state index contributed by atoms with van der Waals surface area (Å²) in [5.41, 5.74) is 1.74. The smallest absolute Gasteiger partial charge is 0.233 e. The van der Waals surface area contributed by atoms with Gasteiger partial charge in [-0.15, -0.1) is 10.2 Å². The van der Waals surface area contributed by atoms with Crippen LogP contribution < -0.4 is 0 Å². The topological polar surface area (TPSA) is 63.4 Å². The van der Waals surface area contributed by atoms with Crippen molar-refractivity contribution in [2.24, 2.45) is 0 Å². The number of carbonyl (C=O) groups excluding carboxylic acids is 1. The first-order valence-electron chi connectivity index (χ1n) is 8.69. The van der Waals surface area contributed by atoms with E-state index in [9.17, 15) is 4.79 Å². The van der Waals surface area contributed by atoms with E-state index in [4.69, 9.17) is 4.98 Å². The van der Waals surface area contributed by atoms with Crippen LogP contribution in [-0.2, 0) is 4.79 Å². The molecule has 25 heavy (non-hydrogen) atoms. The molecule has 0 spiro atoms. The predicted octanol–water partition coefficient (Wildman–Crippen LogP) is 3.12. The zero-order chi connectivity index (χ0) is 17.4. The summed E-state index contributed by atoms with van der Waals surface area (Å²) in [6.45, 7) is 5.98. The Morgan fingerprint density at radius 3 is 2.72 bits per heavy atom. The van der Waals surface area contributed by atoms with Gasteiger partial charge in [-0.2, -0.15) is 0 Å². The third-order valence-corrected chi connectivity index (χ3v) is 5.46. The highest BCUT2D eigenvalue weighted by molar-refractivity contribution is 7.99. The first-order valence-corrected chi connectivity index (χ1v) is 9.68. The monoisotopic (exact) mass is 355 g/mol. The fraction of sp³-hybridized carbons (Fsp3) is 0.444. The van der Waals surface area contributed by atoms with Gasteiger partial charge >= 0.3 is 0 Å². The number of benzene rings is 1.